The Morgan fingerprint density at radius 1 is 1.07 bits per heavy atom. The third kappa shape index (κ3) is 3.98. The highest BCUT2D eigenvalue weighted by Crippen LogP contribution is 2.26. The Kier molecular flexibility index (Phi) is 5.27. The minimum Gasteiger partial charge on any atom is -0.497 e. The maximum atomic E-state index is 12.9. The van der Waals surface area contributed by atoms with E-state index in [4.69, 9.17) is 9.47 Å². The van der Waals surface area contributed by atoms with E-state index in [2.05, 4.69) is 5.32 Å². The summed E-state index contributed by atoms with van der Waals surface area (Å²) in [6.45, 7) is 2.35. The van der Waals surface area contributed by atoms with Gasteiger partial charge in [0.25, 0.3) is 5.91 Å². The van der Waals surface area contributed by atoms with Gasteiger partial charge < -0.3 is 19.4 Å². The van der Waals surface area contributed by atoms with Crippen LogP contribution in [0.4, 0.5) is 5.69 Å². The fraction of sp³-hybridized carbons (Fsp3) is 0.174. The first-order chi connectivity index (χ1) is 14.0. The Labute approximate surface area is 173 Å². The van der Waals surface area contributed by atoms with Gasteiger partial charge in [0.1, 0.15) is 23.8 Å². The molecule has 0 saturated heterocycles. The van der Waals surface area contributed by atoms with Crippen molar-refractivity contribution in [3.63, 3.8) is 0 Å². The Bertz CT molecular complexity index is 1160. The Hall–Kier alpha value is -3.25. The molecule has 1 amide bonds. The van der Waals surface area contributed by atoms with E-state index < -0.39 is 0 Å². The zero-order valence-corrected chi connectivity index (χ0v) is 17.4. The molecule has 2 heterocycles. The fourth-order valence-corrected chi connectivity index (χ4v) is 4.07. The van der Waals surface area contributed by atoms with Gasteiger partial charge in [-0.05, 0) is 60.3 Å². The molecule has 0 fully saturated rings. The molecule has 0 spiro atoms. The number of aryl methyl sites for hydroxylation is 2. The lowest BCUT2D eigenvalue weighted by molar-refractivity contribution is 0.101. The van der Waals surface area contributed by atoms with E-state index in [1.54, 1.807) is 18.4 Å². The molecular formula is C23H22N2O3S. The van der Waals surface area contributed by atoms with Gasteiger partial charge in [-0.1, -0.05) is 12.1 Å². The maximum Gasteiger partial charge on any atom is 0.272 e. The zero-order valence-electron chi connectivity index (χ0n) is 16.6. The summed E-state index contributed by atoms with van der Waals surface area (Å²) in [6, 6.07) is 17.4. The van der Waals surface area contributed by atoms with Gasteiger partial charge in [-0.15, -0.1) is 11.3 Å². The van der Waals surface area contributed by atoms with Crippen molar-refractivity contribution in [3.05, 3.63) is 76.8 Å². The normalized spacial score (nSPS) is 10.9. The van der Waals surface area contributed by atoms with E-state index >= 15 is 0 Å². The predicted octanol–water partition coefficient (Wildman–Crippen LogP) is 5.39. The molecule has 29 heavy (non-hydrogen) atoms. The molecule has 0 saturated carbocycles. The smallest absolute Gasteiger partial charge is 0.272 e. The van der Waals surface area contributed by atoms with Crippen molar-refractivity contribution in [3.8, 4) is 11.5 Å². The SMILES string of the molecule is COc1ccc(OCc2ccc(C)cc2NC(=O)c2cc3sccc3n2C)cc1. The quantitative estimate of drug-likeness (QED) is 0.467. The molecule has 0 aliphatic heterocycles. The first-order valence-corrected chi connectivity index (χ1v) is 10.1. The molecule has 0 atom stereocenters. The van der Waals surface area contributed by atoms with Gasteiger partial charge in [0.15, 0.2) is 0 Å². The van der Waals surface area contributed by atoms with Crippen molar-refractivity contribution < 1.29 is 14.3 Å². The van der Waals surface area contributed by atoms with Gasteiger partial charge >= 0.3 is 0 Å². The predicted molar refractivity (Wildman–Crippen MR) is 117 cm³/mol. The number of methoxy groups -OCH3 is 1. The van der Waals surface area contributed by atoms with E-state index in [-0.39, 0.29) is 5.91 Å². The maximum absolute atomic E-state index is 12.9. The summed E-state index contributed by atoms with van der Waals surface area (Å²) in [5.41, 5.74) is 4.44. The summed E-state index contributed by atoms with van der Waals surface area (Å²) >= 11 is 1.63. The molecule has 2 aromatic carbocycles. The second-order valence-corrected chi connectivity index (χ2v) is 7.79. The van der Waals surface area contributed by atoms with Crippen molar-refractivity contribution in [1.82, 2.24) is 4.57 Å². The minimum absolute atomic E-state index is 0.132. The Morgan fingerprint density at radius 3 is 2.55 bits per heavy atom. The molecule has 1 N–H and O–H groups in total. The molecule has 4 aromatic rings. The summed E-state index contributed by atoms with van der Waals surface area (Å²) < 4.78 is 14.1. The van der Waals surface area contributed by atoms with Gasteiger partial charge in [0, 0.05) is 18.3 Å². The van der Waals surface area contributed by atoms with Crippen molar-refractivity contribution in [2.24, 2.45) is 7.05 Å². The van der Waals surface area contributed by atoms with Crippen LogP contribution in [0.25, 0.3) is 10.2 Å². The molecule has 148 valence electrons. The van der Waals surface area contributed by atoms with Crippen LogP contribution in [0.1, 0.15) is 21.6 Å². The van der Waals surface area contributed by atoms with Crippen LogP contribution < -0.4 is 14.8 Å². The number of aromatic nitrogens is 1. The largest absolute Gasteiger partial charge is 0.497 e. The second-order valence-electron chi connectivity index (χ2n) is 6.84. The van der Waals surface area contributed by atoms with Crippen LogP contribution in [0.2, 0.25) is 0 Å². The van der Waals surface area contributed by atoms with Gasteiger partial charge in [-0.3, -0.25) is 4.79 Å². The zero-order chi connectivity index (χ0) is 20.4. The number of ether oxygens (including phenoxy) is 2. The Balaban J connectivity index is 1.53. The van der Waals surface area contributed by atoms with E-state index in [0.717, 1.165) is 38.5 Å². The van der Waals surface area contributed by atoms with Crippen LogP contribution in [-0.2, 0) is 13.7 Å². The van der Waals surface area contributed by atoms with Gasteiger partial charge in [0.05, 0.1) is 17.3 Å². The molecule has 0 bridgehead atoms. The molecule has 0 aliphatic carbocycles. The third-order valence-electron chi connectivity index (χ3n) is 4.86. The number of anilines is 1. The van der Waals surface area contributed by atoms with Crippen LogP contribution in [0.3, 0.4) is 0 Å². The average molecular weight is 407 g/mol. The first-order valence-electron chi connectivity index (χ1n) is 9.26. The van der Waals surface area contributed by atoms with Gasteiger partial charge in [-0.2, -0.15) is 0 Å². The number of fused-ring (bicyclic) bond motifs is 1. The summed E-state index contributed by atoms with van der Waals surface area (Å²) in [4.78, 5) is 12.9. The standard InChI is InChI=1S/C23H22N2O3S/c1-15-4-5-16(14-28-18-8-6-17(27-3)7-9-18)19(12-15)24-23(26)21-13-22-20(25(21)2)10-11-29-22/h4-13H,14H2,1-3H3,(H,24,26). The number of hydrogen-bond acceptors (Lipinski definition) is 4. The molecule has 6 heteroatoms. The van der Waals surface area contributed by atoms with Crippen molar-refractivity contribution in [1.29, 1.82) is 0 Å². The van der Waals surface area contributed by atoms with Crippen LogP contribution in [-0.4, -0.2) is 17.6 Å². The van der Waals surface area contributed by atoms with E-state index in [1.807, 2.05) is 78.5 Å². The molecule has 5 nitrogen and oxygen atoms in total. The number of benzene rings is 2. The van der Waals surface area contributed by atoms with E-state index in [9.17, 15) is 4.79 Å². The summed E-state index contributed by atoms with van der Waals surface area (Å²) in [7, 11) is 3.54. The number of nitrogens with one attached hydrogen (secondary N) is 1. The summed E-state index contributed by atoms with van der Waals surface area (Å²) in [6.07, 6.45) is 0. The molecular weight excluding hydrogens is 384 g/mol. The minimum atomic E-state index is -0.132. The van der Waals surface area contributed by atoms with Crippen LogP contribution in [0.5, 0.6) is 11.5 Å². The fourth-order valence-electron chi connectivity index (χ4n) is 3.22. The van der Waals surface area contributed by atoms with E-state index in [1.165, 1.54) is 0 Å². The highest BCUT2D eigenvalue weighted by Gasteiger charge is 2.16. The monoisotopic (exact) mass is 406 g/mol. The molecule has 4 rings (SSSR count). The summed E-state index contributed by atoms with van der Waals surface area (Å²) in [5, 5.41) is 5.09. The molecule has 0 unspecified atom stereocenters. The van der Waals surface area contributed by atoms with Crippen molar-refractivity contribution in [2.75, 3.05) is 12.4 Å². The van der Waals surface area contributed by atoms with Gasteiger partial charge in [-0.25, -0.2) is 0 Å². The highest BCUT2D eigenvalue weighted by atomic mass is 32.1. The van der Waals surface area contributed by atoms with Crippen LogP contribution in [0.15, 0.2) is 60.0 Å². The Morgan fingerprint density at radius 2 is 1.83 bits per heavy atom. The molecule has 2 aromatic heterocycles. The lowest BCUT2D eigenvalue weighted by Gasteiger charge is -2.14. The highest BCUT2D eigenvalue weighted by molar-refractivity contribution is 7.17. The number of nitrogens with zero attached hydrogens (tertiary/aromatic N) is 1. The number of thiophene rings is 1. The first kappa shape index (κ1) is 19.1. The third-order valence-corrected chi connectivity index (χ3v) is 5.72. The number of rotatable bonds is 6. The molecule has 0 aliphatic rings. The van der Waals surface area contributed by atoms with Crippen molar-refractivity contribution >= 4 is 33.1 Å². The van der Waals surface area contributed by atoms with E-state index in [0.29, 0.717) is 12.3 Å². The average Bonchev–Trinajstić information content (AvgIpc) is 3.31. The van der Waals surface area contributed by atoms with Crippen LogP contribution in [0, 0.1) is 6.92 Å². The van der Waals surface area contributed by atoms with Crippen LogP contribution >= 0.6 is 11.3 Å². The lowest BCUT2D eigenvalue weighted by atomic mass is 10.1. The van der Waals surface area contributed by atoms with Crippen molar-refractivity contribution in [2.45, 2.75) is 13.5 Å². The summed E-state index contributed by atoms with van der Waals surface area (Å²) in [5.74, 6) is 1.39. The number of carbonyl (C=O) groups is 1. The number of amides is 1. The number of hydrogen-bond donors (Lipinski definition) is 1. The topological polar surface area (TPSA) is 52.5 Å². The molecule has 0 radical (unpaired) electrons. The van der Waals surface area contributed by atoms with Gasteiger partial charge in [0.2, 0.25) is 0 Å². The second kappa shape index (κ2) is 8.01. The lowest BCUT2D eigenvalue weighted by Crippen LogP contribution is -2.17. The number of carbonyl (C=O) groups excluding carboxylic acids is 1.